The maximum absolute atomic E-state index is 12.9. The number of piperidine rings is 1. The second kappa shape index (κ2) is 8.02. The topological polar surface area (TPSA) is 66.8 Å². The van der Waals surface area contributed by atoms with Crippen molar-refractivity contribution in [3.05, 3.63) is 54.5 Å². The molecule has 0 saturated carbocycles. The van der Waals surface area contributed by atoms with Gasteiger partial charge < -0.3 is 10.2 Å². The second-order valence-electron chi connectivity index (χ2n) is 6.79. The zero-order chi connectivity index (χ0) is 20.3. The zero-order valence-electron chi connectivity index (χ0n) is 15.5. The molecule has 1 saturated heterocycles. The first kappa shape index (κ1) is 19.1. The molecule has 4 rings (SSSR count). The van der Waals surface area contributed by atoms with Gasteiger partial charge in [0.05, 0.1) is 5.56 Å². The molecule has 0 amide bonds. The number of pyridine rings is 1. The number of nitrogens with zero attached hydrogens (tertiary/aromatic N) is 5. The molecule has 0 aliphatic carbocycles. The SMILES string of the molecule is FC(F)(F)c1cccc(Nc2ncnc(-c3ccnc(N4CCCCC4)c3)n2)c1. The van der Waals surface area contributed by atoms with Gasteiger partial charge in [0, 0.05) is 30.5 Å². The molecule has 9 heteroatoms. The molecular weight excluding hydrogens is 381 g/mol. The third kappa shape index (κ3) is 4.61. The van der Waals surface area contributed by atoms with E-state index in [0.717, 1.165) is 49.4 Å². The summed E-state index contributed by atoms with van der Waals surface area (Å²) in [5.41, 5.74) is 0.285. The number of hydrogen-bond acceptors (Lipinski definition) is 6. The van der Waals surface area contributed by atoms with Crippen LogP contribution in [0.25, 0.3) is 11.4 Å². The number of alkyl halides is 3. The Kier molecular flexibility index (Phi) is 5.28. The Hall–Kier alpha value is -3.23. The van der Waals surface area contributed by atoms with Gasteiger partial charge in [-0.05, 0) is 49.6 Å². The van der Waals surface area contributed by atoms with Crippen molar-refractivity contribution in [1.82, 2.24) is 19.9 Å². The number of hydrogen-bond donors (Lipinski definition) is 1. The molecule has 1 N–H and O–H groups in total. The minimum Gasteiger partial charge on any atom is -0.357 e. The van der Waals surface area contributed by atoms with Crippen LogP contribution >= 0.6 is 0 Å². The summed E-state index contributed by atoms with van der Waals surface area (Å²) in [6, 6.07) is 8.62. The molecular formula is C20H19F3N6. The van der Waals surface area contributed by atoms with Crippen molar-refractivity contribution in [2.24, 2.45) is 0 Å². The third-order valence-corrected chi connectivity index (χ3v) is 4.70. The van der Waals surface area contributed by atoms with Crippen LogP contribution in [-0.4, -0.2) is 33.0 Å². The van der Waals surface area contributed by atoms with Gasteiger partial charge in [0.25, 0.3) is 0 Å². The smallest absolute Gasteiger partial charge is 0.357 e. The number of halogens is 3. The lowest BCUT2D eigenvalue weighted by molar-refractivity contribution is -0.137. The number of anilines is 3. The van der Waals surface area contributed by atoms with E-state index < -0.39 is 11.7 Å². The zero-order valence-corrected chi connectivity index (χ0v) is 15.5. The van der Waals surface area contributed by atoms with Gasteiger partial charge in [-0.1, -0.05) is 6.07 Å². The number of rotatable bonds is 4. The lowest BCUT2D eigenvalue weighted by Crippen LogP contribution is -2.30. The summed E-state index contributed by atoms with van der Waals surface area (Å²) in [5, 5.41) is 2.82. The molecule has 1 aliphatic heterocycles. The maximum Gasteiger partial charge on any atom is 0.416 e. The monoisotopic (exact) mass is 400 g/mol. The van der Waals surface area contributed by atoms with Gasteiger partial charge in [0.1, 0.15) is 12.1 Å². The van der Waals surface area contributed by atoms with Crippen molar-refractivity contribution in [1.29, 1.82) is 0 Å². The van der Waals surface area contributed by atoms with Crippen LogP contribution in [0.4, 0.5) is 30.6 Å². The van der Waals surface area contributed by atoms with Crippen LogP contribution in [-0.2, 0) is 6.18 Å². The molecule has 1 fully saturated rings. The van der Waals surface area contributed by atoms with Gasteiger partial charge in [0.2, 0.25) is 5.95 Å². The summed E-state index contributed by atoms with van der Waals surface area (Å²) in [4.78, 5) is 19.3. The molecule has 3 heterocycles. The summed E-state index contributed by atoms with van der Waals surface area (Å²) in [5.74, 6) is 1.47. The predicted molar refractivity (Wildman–Crippen MR) is 104 cm³/mol. The van der Waals surface area contributed by atoms with Crippen LogP contribution in [0.5, 0.6) is 0 Å². The Labute approximate surface area is 165 Å². The minimum absolute atomic E-state index is 0.172. The quantitative estimate of drug-likeness (QED) is 0.686. The molecule has 1 aromatic carbocycles. The van der Waals surface area contributed by atoms with Crippen LogP contribution in [0, 0.1) is 0 Å². The average Bonchev–Trinajstić information content (AvgIpc) is 2.74. The van der Waals surface area contributed by atoms with Crippen molar-refractivity contribution in [2.75, 3.05) is 23.3 Å². The molecule has 2 aromatic heterocycles. The van der Waals surface area contributed by atoms with Crippen molar-refractivity contribution in [3.8, 4) is 11.4 Å². The van der Waals surface area contributed by atoms with Gasteiger partial charge in [-0.15, -0.1) is 0 Å². The molecule has 6 nitrogen and oxygen atoms in total. The van der Waals surface area contributed by atoms with Crippen LogP contribution in [0.3, 0.4) is 0 Å². The molecule has 0 atom stereocenters. The van der Waals surface area contributed by atoms with Gasteiger partial charge >= 0.3 is 6.18 Å². The van der Waals surface area contributed by atoms with Gasteiger partial charge in [-0.25, -0.2) is 15.0 Å². The third-order valence-electron chi connectivity index (χ3n) is 4.70. The second-order valence-corrected chi connectivity index (χ2v) is 6.79. The Balaban J connectivity index is 1.56. The predicted octanol–water partition coefficient (Wildman–Crippen LogP) is 4.69. The first-order valence-electron chi connectivity index (χ1n) is 9.34. The molecule has 0 bridgehead atoms. The van der Waals surface area contributed by atoms with E-state index >= 15 is 0 Å². The van der Waals surface area contributed by atoms with E-state index in [4.69, 9.17) is 0 Å². The van der Waals surface area contributed by atoms with Gasteiger partial charge in [-0.2, -0.15) is 18.2 Å². The fourth-order valence-corrected chi connectivity index (χ4v) is 3.25. The molecule has 0 unspecified atom stereocenters. The number of aromatic nitrogens is 4. The standard InChI is InChI=1S/C20H19F3N6/c21-20(22,23)15-5-4-6-16(12-15)27-19-26-13-25-18(28-19)14-7-8-24-17(11-14)29-9-2-1-3-10-29/h4-8,11-13H,1-3,9-10H2,(H,25,26,27,28). The first-order chi connectivity index (χ1) is 14.0. The van der Waals surface area contributed by atoms with Crippen molar-refractivity contribution >= 4 is 17.5 Å². The van der Waals surface area contributed by atoms with Crippen LogP contribution in [0.1, 0.15) is 24.8 Å². The van der Waals surface area contributed by atoms with E-state index in [9.17, 15) is 13.2 Å². The number of benzene rings is 1. The Bertz CT molecular complexity index is 986. The molecule has 29 heavy (non-hydrogen) atoms. The lowest BCUT2D eigenvalue weighted by atomic mass is 10.1. The van der Waals surface area contributed by atoms with E-state index in [-0.39, 0.29) is 11.6 Å². The molecule has 3 aromatic rings. The maximum atomic E-state index is 12.9. The van der Waals surface area contributed by atoms with Gasteiger partial charge in [-0.3, -0.25) is 0 Å². The summed E-state index contributed by atoms with van der Waals surface area (Å²) in [7, 11) is 0. The fraction of sp³-hybridized carbons (Fsp3) is 0.300. The van der Waals surface area contributed by atoms with Crippen molar-refractivity contribution < 1.29 is 13.2 Å². The molecule has 150 valence electrons. The van der Waals surface area contributed by atoms with E-state index in [0.29, 0.717) is 5.82 Å². The molecule has 1 aliphatic rings. The van der Waals surface area contributed by atoms with Crippen LogP contribution < -0.4 is 10.2 Å². The van der Waals surface area contributed by atoms with Crippen LogP contribution in [0.2, 0.25) is 0 Å². The molecule has 0 spiro atoms. The Morgan fingerprint density at radius 3 is 2.55 bits per heavy atom. The highest BCUT2D eigenvalue weighted by atomic mass is 19.4. The van der Waals surface area contributed by atoms with Crippen molar-refractivity contribution in [2.45, 2.75) is 25.4 Å². The highest BCUT2D eigenvalue weighted by molar-refractivity contribution is 5.62. The summed E-state index contributed by atoms with van der Waals surface area (Å²) in [6.07, 6.45) is 2.14. The largest absolute Gasteiger partial charge is 0.416 e. The minimum atomic E-state index is -4.41. The summed E-state index contributed by atoms with van der Waals surface area (Å²) < 4.78 is 38.7. The van der Waals surface area contributed by atoms with E-state index in [1.54, 1.807) is 12.3 Å². The summed E-state index contributed by atoms with van der Waals surface area (Å²) >= 11 is 0. The van der Waals surface area contributed by atoms with E-state index in [1.165, 1.54) is 24.9 Å². The Morgan fingerprint density at radius 1 is 0.931 bits per heavy atom. The fourth-order valence-electron chi connectivity index (χ4n) is 3.25. The first-order valence-corrected chi connectivity index (χ1v) is 9.34. The summed E-state index contributed by atoms with van der Waals surface area (Å²) in [6.45, 7) is 1.94. The normalized spacial score (nSPS) is 14.7. The van der Waals surface area contributed by atoms with Gasteiger partial charge in [0.15, 0.2) is 5.82 Å². The highest BCUT2D eigenvalue weighted by Crippen LogP contribution is 2.31. The lowest BCUT2D eigenvalue weighted by Gasteiger charge is -2.27. The van der Waals surface area contributed by atoms with E-state index in [2.05, 4.69) is 30.2 Å². The molecule has 0 radical (unpaired) electrons. The Morgan fingerprint density at radius 2 is 1.76 bits per heavy atom. The highest BCUT2D eigenvalue weighted by Gasteiger charge is 2.30. The number of nitrogens with one attached hydrogen (secondary N) is 1. The van der Waals surface area contributed by atoms with Crippen molar-refractivity contribution in [3.63, 3.8) is 0 Å². The van der Waals surface area contributed by atoms with E-state index in [1.807, 2.05) is 6.07 Å². The average molecular weight is 400 g/mol. The van der Waals surface area contributed by atoms with Crippen LogP contribution in [0.15, 0.2) is 48.9 Å².